The van der Waals surface area contributed by atoms with Crippen LogP contribution in [-0.4, -0.2) is 26.6 Å². The molecular formula is C15H24N3OP. The summed E-state index contributed by atoms with van der Waals surface area (Å²) in [7, 11) is 2.54. The highest BCUT2D eigenvalue weighted by Gasteiger charge is 1.56. The standard InChI is InChI=1S/3C4H5N.C3H7P.H2O/c3*1-2-4-5-3-1;1-2-3-4;/h3*1-5H;2H,1,3-4H2;1H2. The Hall–Kier alpha value is -2.03. The average molecular weight is 293 g/mol. The molecule has 0 aliphatic rings. The molecule has 0 radical (unpaired) electrons. The smallest absolute Gasteiger partial charge is 0.000496 e. The fourth-order valence-corrected chi connectivity index (χ4v) is 0.833. The minimum atomic E-state index is 0. The number of allylic oxidation sites excluding steroid dienone is 1. The molecule has 5 heteroatoms. The highest BCUT2D eigenvalue weighted by atomic mass is 31.0. The number of aromatic amines is 3. The molecule has 3 rings (SSSR count). The predicted molar refractivity (Wildman–Crippen MR) is 90.8 cm³/mol. The van der Waals surface area contributed by atoms with Gasteiger partial charge in [-0.25, -0.2) is 0 Å². The van der Waals surface area contributed by atoms with Crippen molar-refractivity contribution in [3.63, 3.8) is 0 Å². The molecule has 1 unspecified atom stereocenters. The van der Waals surface area contributed by atoms with Gasteiger partial charge in [0.25, 0.3) is 0 Å². The lowest BCUT2D eigenvalue weighted by molar-refractivity contribution is 0.824. The summed E-state index contributed by atoms with van der Waals surface area (Å²) in [6.45, 7) is 3.46. The summed E-state index contributed by atoms with van der Waals surface area (Å²) in [6, 6.07) is 11.7. The molecule has 110 valence electrons. The molecule has 3 heterocycles. The van der Waals surface area contributed by atoms with E-state index in [0.29, 0.717) is 0 Å². The van der Waals surface area contributed by atoms with Crippen molar-refractivity contribution in [3.8, 4) is 0 Å². The van der Waals surface area contributed by atoms with Gasteiger partial charge in [-0.05, 0) is 42.6 Å². The molecule has 0 fully saturated rings. The van der Waals surface area contributed by atoms with E-state index in [2.05, 4.69) is 30.8 Å². The van der Waals surface area contributed by atoms with E-state index in [4.69, 9.17) is 0 Å². The second-order valence-electron chi connectivity index (χ2n) is 3.18. The fraction of sp³-hybridized carbons (Fsp3) is 0.0667. The average Bonchev–Trinajstić information content (AvgIpc) is 3.28. The first kappa shape index (κ1) is 20.3. The topological polar surface area (TPSA) is 78.9 Å². The van der Waals surface area contributed by atoms with Crippen LogP contribution < -0.4 is 0 Å². The van der Waals surface area contributed by atoms with Crippen LogP contribution in [0.3, 0.4) is 0 Å². The molecule has 4 nitrogen and oxygen atoms in total. The van der Waals surface area contributed by atoms with Crippen molar-refractivity contribution in [1.29, 1.82) is 0 Å². The fourth-order valence-electron chi connectivity index (χ4n) is 0.833. The molecule has 0 saturated heterocycles. The minimum Gasteiger partial charge on any atom is -0.412 e. The van der Waals surface area contributed by atoms with Crippen LogP contribution in [0, 0.1) is 0 Å². The van der Waals surface area contributed by atoms with Gasteiger partial charge in [0.1, 0.15) is 0 Å². The third-order valence-corrected chi connectivity index (χ3v) is 1.99. The van der Waals surface area contributed by atoms with Crippen molar-refractivity contribution in [2.24, 2.45) is 0 Å². The molecule has 1 atom stereocenters. The van der Waals surface area contributed by atoms with E-state index in [1.165, 1.54) is 0 Å². The van der Waals surface area contributed by atoms with Gasteiger partial charge in [-0.3, -0.25) is 0 Å². The van der Waals surface area contributed by atoms with E-state index in [1.807, 2.05) is 79.7 Å². The summed E-state index contributed by atoms with van der Waals surface area (Å²) < 4.78 is 0. The number of hydrogen-bond donors (Lipinski definition) is 3. The Morgan fingerprint density at radius 3 is 0.950 bits per heavy atom. The first-order valence-electron chi connectivity index (χ1n) is 5.96. The van der Waals surface area contributed by atoms with Gasteiger partial charge in [-0.2, -0.15) is 0 Å². The summed E-state index contributed by atoms with van der Waals surface area (Å²) in [5.41, 5.74) is 0. The van der Waals surface area contributed by atoms with Crippen molar-refractivity contribution >= 4 is 9.24 Å². The zero-order valence-electron chi connectivity index (χ0n) is 11.5. The molecule has 0 bridgehead atoms. The molecule has 0 aliphatic heterocycles. The van der Waals surface area contributed by atoms with Crippen LogP contribution in [0.4, 0.5) is 0 Å². The Labute approximate surface area is 122 Å². The van der Waals surface area contributed by atoms with Crippen LogP contribution in [0.1, 0.15) is 0 Å². The highest BCUT2D eigenvalue weighted by Crippen LogP contribution is 1.74. The summed E-state index contributed by atoms with van der Waals surface area (Å²) in [6.07, 6.45) is 14.1. The maximum absolute atomic E-state index is 3.46. The number of aromatic nitrogens is 3. The zero-order chi connectivity index (χ0) is 14.0. The molecule has 0 saturated carbocycles. The Kier molecular flexibility index (Phi) is 19.6. The van der Waals surface area contributed by atoms with Gasteiger partial charge in [0.05, 0.1) is 0 Å². The maximum Gasteiger partial charge on any atom is 0.000496 e. The first-order chi connectivity index (χ1) is 9.41. The van der Waals surface area contributed by atoms with Crippen molar-refractivity contribution in [1.82, 2.24) is 15.0 Å². The molecule has 0 amide bonds. The summed E-state index contributed by atoms with van der Waals surface area (Å²) in [5, 5.41) is 0. The third kappa shape index (κ3) is 18.3. The predicted octanol–water partition coefficient (Wildman–Crippen LogP) is 3.27. The van der Waals surface area contributed by atoms with Crippen LogP contribution >= 0.6 is 9.24 Å². The number of H-pyrrole nitrogens is 3. The molecule has 0 aromatic carbocycles. The minimum absolute atomic E-state index is 0. The second kappa shape index (κ2) is 19.3. The molecule has 5 N–H and O–H groups in total. The quantitative estimate of drug-likeness (QED) is 0.455. The lowest BCUT2D eigenvalue weighted by Gasteiger charge is -1.58. The Morgan fingerprint density at radius 2 is 0.900 bits per heavy atom. The van der Waals surface area contributed by atoms with Crippen LogP contribution in [0.25, 0.3) is 0 Å². The largest absolute Gasteiger partial charge is 0.412 e. The normalized spacial score (nSPS) is 7.25. The first-order valence-corrected chi connectivity index (χ1v) is 6.77. The van der Waals surface area contributed by atoms with Gasteiger partial charge < -0.3 is 20.4 Å². The van der Waals surface area contributed by atoms with E-state index in [-0.39, 0.29) is 5.48 Å². The second-order valence-corrected chi connectivity index (χ2v) is 3.65. The number of nitrogens with one attached hydrogen (secondary N) is 3. The number of rotatable bonds is 1. The molecular weight excluding hydrogens is 269 g/mol. The van der Waals surface area contributed by atoms with Crippen molar-refractivity contribution in [2.45, 2.75) is 0 Å². The molecule has 3 aromatic heterocycles. The van der Waals surface area contributed by atoms with Gasteiger partial charge in [-0.15, -0.1) is 15.8 Å². The number of hydrogen-bond acceptors (Lipinski definition) is 0. The van der Waals surface area contributed by atoms with Crippen molar-refractivity contribution in [2.75, 3.05) is 6.16 Å². The maximum atomic E-state index is 3.46. The zero-order valence-corrected chi connectivity index (χ0v) is 12.7. The van der Waals surface area contributed by atoms with Gasteiger partial charge in [-0.1, -0.05) is 6.08 Å². The van der Waals surface area contributed by atoms with E-state index in [1.54, 1.807) is 0 Å². The van der Waals surface area contributed by atoms with Crippen molar-refractivity contribution in [3.05, 3.63) is 86.2 Å². The van der Waals surface area contributed by atoms with E-state index in [9.17, 15) is 0 Å². The van der Waals surface area contributed by atoms with Crippen LogP contribution in [0.2, 0.25) is 0 Å². The summed E-state index contributed by atoms with van der Waals surface area (Å²) in [4.78, 5) is 8.58. The summed E-state index contributed by atoms with van der Waals surface area (Å²) >= 11 is 0. The van der Waals surface area contributed by atoms with E-state index in [0.717, 1.165) is 6.16 Å². The summed E-state index contributed by atoms with van der Waals surface area (Å²) in [5.74, 6) is 0. The Bertz CT molecular complexity index is 308. The monoisotopic (exact) mass is 293 g/mol. The van der Waals surface area contributed by atoms with Crippen molar-refractivity contribution < 1.29 is 5.48 Å². The molecule has 20 heavy (non-hydrogen) atoms. The Balaban J connectivity index is 0. The van der Waals surface area contributed by atoms with Gasteiger partial charge >= 0.3 is 0 Å². The SMILES string of the molecule is C=CCP.O.c1cc[nH]c1.c1cc[nH]c1.c1cc[nH]c1. The van der Waals surface area contributed by atoms with Gasteiger partial charge in [0, 0.05) is 37.2 Å². The van der Waals surface area contributed by atoms with Gasteiger partial charge in [0.15, 0.2) is 0 Å². The third-order valence-electron chi connectivity index (χ3n) is 1.65. The lowest BCUT2D eigenvalue weighted by atomic mass is 10.7. The van der Waals surface area contributed by atoms with Crippen LogP contribution in [-0.2, 0) is 0 Å². The molecule has 0 aliphatic carbocycles. The molecule has 0 spiro atoms. The Morgan fingerprint density at radius 1 is 0.700 bits per heavy atom. The highest BCUT2D eigenvalue weighted by molar-refractivity contribution is 7.16. The van der Waals surface area contributed by atoms with Crippen LogP contribution in [0.15, 0.2) is 86.2 Å². The van der Waals surface area contributed by atoms with E-state index >= 15 is 0 Å². The lowest BCUT2D eigenvalue weighted by Crippen LogP contribution is -1.43. The van der Waals surface area contributed by atoms with Crippen LogP contribution in [0.5, 0.6) is 0 Å². The molecule has 3 aromatic rings. The van der Waals surface area contributed by atoms with E-state index < -0.39 is 0 Å². The van der Waals surface area contributed by atoms with Gasteiger partial charge in [0.2, 0.25) is 0 Å².